The van der Waals surface area contributed by atoms with E-state index >= 15 is 0 Å². The highest BCUT2D eigenvalue weighted by atomic mass is 32.2. The largest absolute Gasteiger partial charge is 0.497 e. The average Bonchev–Trinajstić information content (AvgIpc) is 3.39. The van der Waals surface area contributed by atoms with E-state index in [1.54, 1.807) is 14.2 Å². The molecular weight excluding hydrogens is 392 g/mol. The quantitative estimate of drug-likeness (QED) is 0.675. The lowest BCUT2D eigenvalue weighted by Gasteiger charge is -2.28. The highest BCUT2D eigenvalue weighted by Crippen LogP contribution is 2.26. The van der Waals surface area contributed by atoms with Gasteiger partial charge < -0.3 is 14.6 Å². The van der Waals surface area contributed by atoms with Crippen molar-refractivity contribution in [2.75, 3.05) is 33.8 Å². The molecule has 1 fully saturated rings. The highest BCUT2D eigenvalue weighted by Gasteiger charge is 2.25. The molecule has 0 spiro atoms. The van der Waals surface area contributed by atoms with Crippen LogP contribution in [0, 0.1) is 0 Å². The summed E-state index contributed by atoms with van der Waals surface area (Å²) >= 11 is 0. The maximum atomic E-state index is 12.8. The zero-order chi connectivity index (χ0) is 21.0. The first-order chi connectivity index (χ1) is 13.9. The van der Waals surface area contributed by atoms with Gasteiger partial charge in [-0.15, -0.1) is 0 Å². The molecule has 1 aromatic heterocycles. The molecule has 0 radical (unpaired) electrons. The molecule has 0 aliphatic carbocycles. The first-order valence-corrected chi connectivity index (χ1v) is 11.1. The van der Waals surface area contributed by atoms with Crippen LogP contribution < -0.4 is 14.8 Å². The van der Waals surface area contributed by atoms with Gasteiger partial charge in [-0.25, -0.2) is 13.1 Å². The molecule has 0 saturated carbocycles. The van der Waals surface area contributed by atoms with Gasteiger partial charge in [0.1, 0.15) is 16.3 Å². The van der Waals surface area contributed by atoms with E-state index in [0.717, 1.165) is 37.2 Å². The topological polar surface area (TPSA) is 92.7 Å². The molecule has 9 heteroatoms. The zero-order valence-electron chi connectivity index (χ0n) is 17.0. The number of hydrogen-bond acceptors (Lipinski definition) is 5. The van der Waals surface area contributed by atoms with Gasteiger partial charge in [0, 0.05) is 19.8 Å². The Bertz CT molecular complexity index is 947. The van der Waals surface area contributed by atoms with Crippen molar-refractivity contribution in [3.8, 4) is 5.75 Å². The number of carbonyl (C=O) groups excluding carboxylic acids is 1. The van der Waals surface area contributed by atoms with Gasteiger partial charge in [0.05, 0.1) is 13.2 Å². The number of aromatic nitrogens is 1. The first kappa shape index (κ1) is 21.4. The Morgan fingerprint density at radius 2 is 1.86 bits per heavy atom. The van der Waals surface area contributed by atoms with Crippen LogP contribution in [0.1, 0.15) is 34.9 Å². The maximum absolute atomic E-state index is 12.8. The van der Waals surface area contributed by atoms with Crippen LogP contribution >= 0.6 is 0 Å². The zero-order valence-corrected chi connectivity index (χ0v) is 17.8. The molecule has 29 heavy (non-hydrogen) atoms. The molecule has 1 amide bonds. The van der Waals surface area contributed by atoms with Gasteiger partial charge in [0.15, 0.2) is 0 Å². The fraction of sp³-hybridized carbons (Fsp3) is 0.450. The van der Waals surface area contributed by atoms with Gasteiger partial charge in [0.25, 0.3) is 5.91 Å². The third kappa shape index (κ3) is 4.80. The van der Waals surface area contributed by atoms with Crippen molar-refractivity contribution in [2.24, 2.45) is 7.05 Å². The monoisotopic (exact) mass is 420 g/mol. The predicted molar refractivity (Wildman–Crippen MR) is 111 cm³/mol. The second-order valence-electron chi connectivity index (χ2n) is 7.12. The molecule has 1 atom stereocenters. The van der Waals surface area contributed by atoms with Crippen LogP contribution in [-0.2, 0) is 17.1 Å². The maximum Gasteiger partial charge on any atom is 0.268 e. The molecule has 1 unspecified atom stereocenters. The summed E-state index contributed by atoms with van der Waals surface area (Å²) in [5.74, 6) is 0.489. The second kappa shape index (κ2) is 8.98. The van der Waals surface area contributed by atoms with Crippen molar-refractivity contribution in [2.45, 2.75) is 23.8 Å². The molecule has 2 heterocycles. The van der Waals surface area contributed by atoms with Gasteiger partial charge in [-0.05, 0) is 56.7 Å². The number of nitrogens with zero attached hydrogens (tertiary/aromatic N) is 2. The van der Waals surface area contributed by atoms with Gasteiger partial charge in [-0.2, -0.15) is 0 Å². The lowest BCUT2D eigenvalue weighted by molar-refractivity contribution is 0.0929. The van der Waals surface area contributed by atoms with Gasteiger partial charge in [-0.1, -0.05) is 12.1 Å². The highest BCUT2D eigenvalue weighted by molar-refractivity contribution is 7.89. The molecule has 1 aromatic carbocycles. The Morgan fingerprint density at radius 3 is 2.45 bits per heavy atom. The molecule has 3 rings (SSSR count). The summed E-state index contributed by atoms with van der Waals surface area (Å²) in [5, 5.41) is 2.98. The number of rotatable bonds is 8. The van der Waals surface area contributed by atoms with Crippen LogP contribution in [0.2, 0.25) is 0 Å². The van der Waals surface area contributed by atoms with E-state index in [1.807, 2.05) is 24.3 Å². The Labute approximate surface area is 171 Å². The smallest absolute Gasteiger partial charge is 0.268 e. The second-order valence-corrected chi connectivity index (χ2v) is 9.01. The SMILES string of the molecule is CNS(=O)(=O)c1cc(C(=O)NCC(c2ccc(OC)cc2)N2CCCC2)n(C)c1. The average molecular weight is 421 g/mol. The predicted octanol–water partition coefficient (Wildman–Crippen LogP) is 1.51. The normalized spacial score (nSPS) is 16.0. The minimum Gasteiger partial charge on any atom is -0.497 e. The summed E-state index contributed by atoms with van der Waals surface area (Å²) in [6, 6.07) is 9.33. The van der Waals surface area contributed by atoms with Gasteiger partial charge >= 0.3 is 0 Å². The molecule has 0 bridgehead atoms. The number of likely N-dealkylation sites (tertiary alicyclic amines) is 1. The fourth-order valence-corrected chi connectivity index (χ4v) is 4.44. The van der Waals surface area contributed by atoms with E-state index in [-0.39, 0.29) is 16.8 Å². The van der Waals surface area contributed by atoms with Crippen molar-refractivity contribution in [1.82, 2.24) is 19.5 Å². The van der Waals surface area contributed by atoms with E-state index in [1.165, 1.54) is 23.9 Å². The van der Waals surface area contributed by atoms with Crippen molar-refractivity contribution < 1.29 is 17.9 Å². The molecule has 158 valence electrons. The molecule has 1 aliphatic heterocycles. The van der Waals surface area contributed by atoms with E-state index in [4.69, 9.17) is 4.74 Å². The lowest BCUT2D eigenvalue weighted by atomic mass is 10.1. The van der Waals surface area contributed by atoms with Crippen LogP contribution in [0.25, 0.3) is 0 Å². The molecule has 1 aliphatic rings. The number of aryl methyl sites for hydroxylation is 1. The Hall–Kier alpha value is -2.36. The Morgan fingerprint density at radius 1 is 1.21 bits per heavy atom. The van der Waals surface area contributed by atoms with Crippen LogP contribution in [0.15, 0.2) is 41.4 Å². The van der Waals surface area contributed by atoms with E-state index in [0.29, 0.717) is 12.2 Å². The van der Waals surface area contributed by atoms with Crippen molar-refractivity contribution >= 4 is 15.9 Å². The Kier molecular flexibility index (Phi) is 6.61. The van der Waals surface area contributed by atoms with Crippen LogP contribution in [0.4, 0.5) is 0 Å². The summed E-state index contributed by atoms with van der Waals surface area (Å²) in [6.07, 6.45) is 3.72. The number of methoxy groups -OCH3 is 1. The van der Waals surface area contributed by atoms with Crippen LogP contribution in [0.5, 0.6) is 5.75 Å². The third-order valence-corrected chi connectivity index (χ3v) is 6.71. The van der Waals surface area contributed by atoms with Gasteiger partial charge in [-0.3, -0.25) is 9.69 Å². The van der Waals surface area contributed by atoms with Crippen LogP contribution in [-0.4, -0.2) is 57.6 Å². The number of sulfonamides is 1. The summed E-state index contributed by atoms with van der Waals surface area (Å²) in [7, 11) is 1.04. The summed E-state index contributed by atoms with van der Waals surface area (Å²) in [4.78, 5) is 15.2. The van der Waals surface area contributed by atoms with Crippen molar-refractivity contribution in [3.05, 3.63) is 47.8 Å². The van der Waals surface area contributed by atoms with E-state index in [2.05, 4.69) is 14.9 Å². The summed E-state index contributed by atoms with van der Waals surface area (Å²) in [5.41, 5.74) is 1.41. The lowest BCUT2D eigenvalue weighted by Crippen LogP contribution is -2.37. The summed E-state index contributed by atoms with van der Waals surface area (Å²) < 4.78 is 33.0. The van der Waals surface area contributed by atoms with E-state index in [9.17, 15) is 13.2 Å². The number of carbonyl (C=O) groups is 1. The fourth-order valence-electron chi connectivity index (χ4n) is 3.64. The first-order valence-electron chi connectivity index (χ1n) is 9.62. The minimum absolute atomic E-state index is 0.0492. The molecule has 2 N–H and O–H groups in total. The standard InChI is InChI=1S/C20H28N4O4S/c1-21-29(26,27)17-12-18(23(2)14-17)20(25)22-13-19(24-10-4-5-11-24)15-6-8-16(28-3)9-7-15/h6-9,12,14,19,21H,4-5,10-11,13H2,1-3H3,(H,22,25). The molecular formula is C20H28N4O4S. The summed E-state index contributed by atoms with van der Waals surface area (Å²) in [6.45, 7) is 2.41. The Balaban J connectivity index is 1.76. The molecule has 2 aromatic rings. The minimum atomic E-state index is -3.60. The molecule has 1 saturated heterocycles. The number of amides is 1. The molecule has 8 nitrogen and oxygen atoms in total. The number of ether oxygens (including phenoxy) is 1. The number of hydrogen-bond donors (Lipinski definition) is 2. The van der Waals surface area contributed by atoms with Crippen molar-refractivity contribution in [3.63, 3.8) is 0 Å². The van der Waals surface area contributed by atoms with Crippen molar-refractivity contribution in [1.29, 1.82) is 0 Å². The number of benzene rings is 1. The van der Waals surface area contributed by atoms with E-state index < -0.39 is 10.0 Å². The van der Waals surface area contributed by atoms with Gasteiger partial charge in [0.2, 0.25) is 10.0 Å². The third-order valence-electron chi connectivity index (χ3n) is 5.33. The van der Waals surface area contributed by atoms with Crippen LogP contribution in [0.3, 0.4) is 0 Å². The number of nitrogens with one attached hydrogen (secondary N) is 2.